The van der Waals surface area contributed by atoms with Crippen molar-refractivity contribution in [1.29, 1.82) is 0 Å². The van der Waals surface area contributed by atoms with E-state index in [0.29, 0.717) is 24.6 Å². The molecule has 0 N–H and O–H groups in total. The second-order valence-corrected chi connectivity index (χ2v) is 7.56. The number of nitro benzene ring substituents is 1. The second kappa shape index (κ2) is 5.91. The fourth-order valence-electron chi connectivity index (χ4n) is 3.40. The third-order valence-corrected chi connectivity index (χ3v) is 5.92. The van der Waals surface area contributed by atoms with Gasteiger partial charge in [-0.2, -0.15) is 0 Å². The Labute approximate surface area is 128 Å². The molecule has 0 aromatic heterocycles. The van der Waals surface area contributed by atoms with Crippen molar-refractivity contribution in [2.75, 3.05) is 29.5 Å². The maximum absolute atomic E-state index is 14.1. The number of hydrogen-bond acceptors (Lipinski definition) is 4. The van der Waals surface area contributed by atoms with Crippen LogP contribution in [0.4, 0.5) is 20.2 Å². The van der Waals surface area contributed by atoms with E-state index in [0.717, 1.165) is 25.0 Å². The fourth-order valence-corrected chi connectivity index (χ4v) is 4.74. The summed E-state index contributed by atoms with van der Waals surface area (Å²) in [6.07, 6.45) is 1.59. The number of nitro groups is 1. The lowest BCUT2D eigenvalue weighted by atomic mass is 9.92. The van der Waals surface area contributed by atoms with Crippen molar-refractivity contribution in [2.45, 2.75) is 12.8 Å². The Kier molecular flexibility index (Phi) is 4.12. The van der Waals surface area contributed by atoms with Gasteiger partial charge in [0.25, 0.3) is 5.69 Å². The third-order valence-electron chi connectivity index (χ3n) is 4.54. The highest BCUT2D eigenvalue weighted by Gasteiger charge is 2.37. The maximum Gasteiger partial charge on any atom is 0.275 e. The average molecular weight is 330 g/mol. The summed E-state index contributed by atoms with van der Waals surface area (Å²) in [6.45, 7) is 1.01. The van der Waals surface area contributed by atoms with Crippen LogP contribution in [-0.4, -0.2) is 33.7 Å². The zero-order chi connectivity index (χ0) is 15.9. The molecule has 0 spiro atoms. The molecule has 3 rings (SSSR count). The van der Waals surface area contributed by atoms with Gasteiger partial charge in [0.05, 0.1) is 17.1 Å². The summed E-state index contributed by atoms with van der Waals surface area (Å²) in [6, 6.07) is 1.53. The molecule has 8 heteroatoms. The SMILES string of the molecule is O=[N+]([O-])c1cc(F)c(N2CC3CCS(=O)CCC3C2)c(F)c1. The number of anilines is 1. The van der Waals surface area contributed by atoms with E-state index in [-0.39, 0.29) is 17.5 Å². The third kappa shape index (κ3) is 2.84. The number of hydrogen-bond donors (Lipinski definition) is 0. The van der Waals surface area contributed by atoms with Crippen molar-refractivity contribution in [3.8, 4) is 0 Å². The standard InChI is InChI=1S/C14H16F2N2O3S/c15-12-5-11(18(19)20)6-13(16)14(12)17-7-9-1-3-22(21)4-2-10(9)8-17/h5-6,9-10H,1-4,7-8H2. The molecule has 2 heterocycles. The molecule has 2 aliphatic heterocycles. The summed E-state index contributed by atoms with van der Waals surface area (Å²) >= 11 is 0. The molecule has 0 radical (unpaired) electrons. The van der Waals surface area contributed by atoms with E-state index in [1.165, 1.54) is 0 Å². The van der Waals surface area contributed by atoms with Crippen molar-refractivity contribution in [1.82, 2.24) is 0 Å². The molecule has 2 saturated heterocycles. The van der Waals surface area contributed by atoms with E-state index in [1.54, 1.807) is 4.90 Å². The molecule has 0 bridgehead atoms. The van der Waals surface area contributed by atoms with E-state index in [9.17, 15) is 23.1 Å². The smallest absolute Gasteiger partial charge is 0.275 e. The molecular formula is C14H16F2N2O3S. The van der Waals surface area contributed by atoms with Crippen molar-refractivity contribution in [2.24, 2.45) is 11.8 Å². The highest BCUT2D eigenvalue weighted by atomic mass is 32.2. The molecule has 120 valence electrons. The van der Waals surface area contributed by atoms with Crippen LogP contribution in [0.25, 0.3) is 0 Å². The number of benzene rings is 1. The minimum absolute atomic E-state index is 0.181. The van der Waals surface area contributed by atoms with Gasteiger partial charge in [0.15, 0.2) is 11.6 Å². The molecular weight excluding hydrogens is 314 g/mol. The number of rotatable bonds is 2. The first-order valence-corrected chi connectivity index (χ1v) is 8.68. The zero-order valence-electron chi connectivity index (χ0n) is 11.8. The van der Waals surface area contributed by atoms with Gasteiger partial charge in [-0.25, -0.2) is 8.78 Å². The van der Waals surface area contributed by atoms with E-state index in [2.05, 4.69) is 0 Å². The van der Waals surface area contributed by atoms with Gasteiger partial charge in [-0.1, -0.05) is 0 Å². The predicted molar refractivity (Wildman–Crippen MR) is 79.3 cm³/mol. The Balaban J connectivity index is 1.84. The van der Waals surface area contributed by atoms with Crippen LogP contribution in [-0.2, 0) is 10.8 Å². The Morgan fingerprint density at radius 3 is 2.09 bits per heavy atom. The Hall–Kier alpha value is -1.57. The summed E-state index contributed by atoms with van der Waals surface area (Å²) in [7, 11) is -0.781. The van der Waals surface area contributed by atoms with Gasteiger partial charge in [-0.3, -0.25) is 14.3 Å². The highest BCUT2D eigenvalue weighted by Crippen LogP contribution is 2.37. The predicted octanol–water partition coefficient (Wildman–Crippen LogP) is 2.47. The van der Waals surface area contributed by atoms with Gasteiger partial charge in [0.1, 0.15) is 5.69 Å². The summed E-state index contributed by atoms with van der Waals surface area (Å²) in [4.78, 5) is 11.5. The van der Waals surface area contributed by atoms with Gasteiger partial charge in [-0.15, -0.1) is 0 Å². The van der Waals surface area contributed by atoms with Gasteiger partial charge >= 0.3 is 0 Å². The van der Waals surface area contributed by atoms with E-state index < -0.39 is 33.0 Å². The minimum Gasteiger partial charge on any atom is -0.366 e. The van der Waals surface area contributed by atoms with Gasteiger partial charge < -0.3 is 4.90 Å². The fraction of sp³-hybridized carbons (Fsp3) is 0.571. The van der Waals surface area contributed by atoms with Gasteiger partial charge in [0, 0.05) is 35.4 Å². The van der Waals surface area contributed by atoms with Crippen molar-refractivity contribution < 1.29 is 17.9 Å². The lowest BCUT2D eigenvalue weighted by Gasteiger charge is -2.20. The quantitative estimate of drug-likeness (QED) is 0.617. The molecule has 0 amide bonds. The molecule has 0 aliphatic carbocycles. The molecule has 1 aromatic carbocycles. The lowest BCUT2D eigenvalue weighted by molar-refractivity contribution is -0.385. The summed E-state index contributed by atoms with van der Waals surface area (Å²) in [5.74, 6) is 0.0415. The molecule has 2 unspecified atom stereocenters. The van der Waals surface area contributed by atoms with Crippen LogP contribution in [0, 0.1) is 33.6 Å². The van der Waals surface area contributed by atoms with Gasteiger partial charge in [0.2, 0.25) is 0 Å². The van der Waals surface area contributed by atoms with Crippen LogP contribution in [0.15, 0.2) is 12.1 Å². The minimum atomic E-state index is -0.897. The second-order valence-electron chi connectivity index (χ2n) is 5.87. The van der Waals surface area contributed by atoms with Crippen LogP contribution in [0.2, 0.25) is 0 Å². The first kappa shape index (κ1) is 15.3. The maximum atomic E-state index is 14.1. The molecule has 0 saturated carbocycles. The van der Waals surface area contributed by atoms with Crippen LogP contribution in [0.3, 0.4) is 0 Å². The molecule has 2 fully saturated rings. The van der Waals surface area contributed by atoms with Gasteiger partial charge in [-0.05, 0) is 24.7 Å². The molecule has 2 atom stereocenters. The number of non-ortho nitro benzene ring substituents is 1. The molecule has 2 aliphatic rings. The number of nitrogens with zero attached hydrogens (tertiary/aromatic N) is 2. The van der Waals surface area contributed by atoms with E-state index >= 15 is 0 Å². The summed E-state index contributed by atoms with van der Waals surface area (Å²) in [5.41, 5.74) is -0.762. The van der Waals surface area contributed by atoms with Crippen molar-refractivity contribution in [3.05, 3.63) is 33.9 Å². The largest absolute Gasteiger partial charge is 0.366 e. The topological polar surface area (TPSA) is 63.5 Å². The molecule has 22 heavy (non-hydrogen) atoms. The van der Waals surface area contributed by atoms with Crippen molar-refractivity contribution >= 4 is 22.2 Å². The Bertz CT molecular complexity index is 600. The average Bonchev–Trinajstić information content (AvgIpc) is 2.77. The van der Waals surface area contributed by atoms with Crippen LogP contribution >= 0.6 is 0 Å². The highest BCUT2D eigenvalue weighted by molar-refractivity contribution is 7.84. The summed E-state index contributed by atoms with van der Waals surface area (Å²) < 4.78 is 39.8. The molecule has 1 aromatic rings. The normalized spacial score (nSPS) is 28.3. The van der Waals surface area contributed by atoms with Crippen molar-refractivity contribution in [3.63, 3.8) is 0 Å². The van der Waals surface area contributed by atoms with Crippen LogP contribution < -0.4 is 4.90 Å². The lowest BCUT2D eigenvalue weighted by Crippen LogP contribution is -2.23. The first-order chi connectivity index (χ1) is 10.5. The number of fused-ring (bicyclic) bond motifs is 1. The van der Waals surface area contributed by atoms with E-state index in [1.807, 2.05) is 0 Å². The summed E-state index contributed by atoms with van der Waals surface area (Å²) in [5, 5.41) is 10.6. The Morgan fingerprint density at radius 2 is 1.64 bits per heavy atom. The molecule has 5 nitrogen and oxygen atoms in total. The monoisotopic (exact) mass is 330 g/mol. The number of halogens is 2. The van der Waals surface area contributed by atoms with E-state index in [4.69, 9.17) is 0 Å². The van der Waals surface area contributed by atoms with Crippen LogP contribution in [0.5, 0.6) is 0 Å². The zero-order valence-corrected chi connectivity index (χ0v) is 12.7. The first-order valence-electron chi connectivity index (χ1n) is 7.19. The Morgan fingerprint density at radius 1 is 1.14 bits per heavy atom. The van der Waals surface area contributed by atoms with Crippen LogP contribution in [0.1, 0.15) is 12.8 Å².